The number of terminal acetylenes is 1. The summed E-state index contributed by atoms with van der Waals surface area (Å²) in [6.07, 6.45) is 6.79. The molecule has 0 fully saturated rings. The van der Waals surface area contributed by atoms with Gasteiger partial charge in [0, 0.05) is 6.20 Å². The molecule has 2 nitrogen and oxygen atoms in total. The SMILES string of the molecule is C#CC(C)Nc1ncc(Cl)cc1Br. The summed E-state index contributed by atoms with van der Waals surface area (Å²) in [5.41, 5.74) is 0. The highest BCUT2D eigenvalue weighted by molar-refractivity contribution is 9.10. The van der Waals surface area contributed by atoms with Gasteiger partial charge in [-0.15, -0.1) is 6.42 Å². The molecule has 0 radical (unpaired) electrons. The lowest BCUT2D eigenvalue weighted by Gasteiger charge is -2.09. The van der Waals surface area contributed by atoms with Crippen molar-refractivity contribution in [2.24, 2.45) is 0 Å². The first kappa shape index (κ1) is 10.4. The van der Waals surface area contributed by atoms with E-state index in [1.165, 1.54) is 0 Å². The predicted molar refractivity (Wildman–Crippen MR) is 58.9 cm³/mol. The zero-order chi connectivity index (χ0) is 9.84. The lowest BCUT2D eigenvalue weighted by atomic mass is 10.3. The number of hydrogen-bond acceptors (Lipinski definition) is 2. The maximum absolute atomic E-state index is 5.73. The second kappa shape index (κ2) is 4.50. The van der Waals surface area contributed by atoms with E-state index in [-0.39, 0.29) is 6.04 Å². The van der Waals surface area contributed by atoms with Crippen molar-refractivity contribution in [2.45, 2.75) is 13.0 Å². The number of nitrogens with one attached hydrogen (secondary N) is 1. The van der Waals surface area contributed by atoms with Gasteiger partial charge in [-0.25, -0.2) is 4.98 Å². The van der Waals surface area contributed by atoms with Gasteiger partial charge in [0.05, 0.1) is 15.5 Å². The molecule has 0 aromatic carbocycles. The quantitative estimate of drug-likeness (QED) is 0.826. The van der Waals surface area contributed by atoms with Crippen LogP contribution in [0, 0.1) is 12.3 Å². The van der Waals surface area contributed by atoms with Crippen LogP contribution >= 0.6 is 27.5 Å². The Morgan fingerprint density at radius 1 is 1.77 bits per heavy atom. The first-order valence-corrected chi connectivity index (χ1v) is 4.84. The van der Waals surface area contributed by atoms with Gasteiger partial charge in [-0.1, -0.05) is 17.5 Å². The largest absolute Gasteiger partial charge is 0.356 e. The molecular weight excluding hydrogens is 251 g/mol. The molecule has 0 aliphatic carbocycles. The van der Waals surface area contributed by atoms with Gasteiger partial charge in [-0.05, 0) is 28.9 Å². The molecule has 1 aromatic heterocycles. The van der Waals surface area contributed by atoms with Crippen molar-refractivity contribution in [2.75, 3.05) is 5.32 Å². The van der Waals surface area contributed by atoms with Crippen LogP contribution < -0.4 is 5.32 Å². The first-order chi connectivity index (χ1) is 6.13. The van der Waals surface area contributed by atoms with Crippen LogP contribution in [-0.2, 0) is 0 Å². The van der Waals surface area contributed by atoms with Crippen molar-refractivity contribution in [3.8, 4) is 12.3 Å². The van der Waals surface area contributed by atoms with Crippen LogP contribution in [0.4, 0.5) is 5.82 Å². The van der Waals surface area contributed by atoms with Gasteiger partial charge in [-0.2, -0.15) is 0 Å². The van der Waals surface area contributed by atoms with Crippen molar-refractivity contribution < 1.29 is 0 Å². The Morgan fingerprint density at radius 2 is 2.46 bits per heavy atom. The highest BCUT2D eigenvalue weighted by Crippen LogP contribution is 2.23. The third kappa shape index (κ3) is 2.91. The Kier molecular flexibility index (Phi) is 3.58. The highest BCUT2D eigenvalue weighted by atomic mass is 79.9. The number of halogens is 2. The van der Waals surface area contributed by atoms with Crippen molar-refractivity contribution >= 4 is 33.3 Å². The molecule has 13 heavy (non-hydrogen) atoms. The van der Waals surface area contributed by atoms with E-state index in [9.17, 15) is 0 Å². The molecule has 1 heterocycles. The Morgan fingerprint density at radius 3 is 3.00 bits per heavy atom. The van der Waals surface area contributed by atoms with E-state index in [1.54, 1.807) is 12.3 Å². The van der Waals surface area contributed by atoms with Gasteiger partial charge >= 0.3 is 0 Å². The number of anilines is 1. The molecule has 0 amide bonds. The molecule has 0 aliphatic rings. The van der Waals surface area contributed by atoms with Crippen LogP contribution in [0.15, 0.2) is 16.7 Å². The van der Waals surface area contributed by atoms with E-state index < -0.39 is 0 Å². The summed E-state index contributed by atoms with van der Waals surface area (Å²) in [7, 11) is 0. The van der Waals surface area contributed by atoms with Crippen molar-refractivity contribution in [1.29, 1.82) is 0 Å². The molecule has 0 bridgehead atoms. The van der Waals surface area contributed by atoms with Crippen LogP contribution in [0.1, 0.15) is 6.92 Å². The Bertz CT molecular complexity index is 346. The monoisotopic (exact) mass is 258 g/mol. The third-order valence-corrected chi connectivity index (χ3v) is 2.22. The first-order valence-electron chi connectivity index (χ1n) is 3.67. The Balaban J connectivity index is 2.85. The summed E-state index contributed by atoms with van der Waals surface area (Å²) < 4.78 is 0.808. The average molecular weight is 260 g/mol. The van der Waals surface area contributed by atoms with E-state index >= 15 is 0 Å². The molecule has 1 atom stereocenters. The molecule has 0 saturated heterocycles. The number of hydrogen-bond donors (Lipinski definition) is 1. The minimum atomic E-state index is -0.0509. The van der Waals surface area contributed by atoms with E-state index in [0.717, 1.165) is 4.47 Å². The normalized spacial score (nSPS) is 11.8. The predicted octanol–water partition coefficient (Wildman–Crippen LogP) is 2.93. The summed E-state index contributed by atoms with van der Waals surface area (Å²) in [6.45, 7) is 1.88. The fourth-order valence-corrected chi connectivity index (χ4v) is 1.52. The van der Waals surface area contributed by atoms with Gasteiger partial charge in [0.2, 0.25) is 0 Å². The molecule has 4 heteroatoms. The molecule has 1 rings (SSSR count). The summed E-state index contributed by atoms with van der Waals surface area (Å²) in [5, 5.41) is 3.62. The number of aromatic nitrogens is 1. The Hall–Kier alpha value is -0.720. The number of rotatable bonds is 2. The van der Waals surface area contributed by atoms with E-state index in [2.05, 4.69) is 32.2 Å². The fourth-order valence-electron chi connectivity index (χ4n) is 0.768. The number of nitrogens with zero attached hydrogens (tertiary/aromatic N) is 1. The summed E-state index contributed by atoms with van der Waals surface area (Å²) in [6, 6.07) is 1.71. The average Bonchev–Trinajstić information content (AvgIpc) is 2.09. The van der Waals surface area contributed by atoms with Gasteiger partial charge in [0.1, 0.15) is 5.82 Å². The smallest absolute Gasteiger partial charge is 0.141 e. The van der Waals surface area contributed by atoms with Crippen molar-refractivity contribution in [3.05, 3.63) is 21.8 Å². The molecule has 0 saturated carbocycles. The molecule has 68 valence electrons. The molecule has 1 N–H and O–H groups in total. The van der Waals surface area contributed by atoms with Crippen LogP contribution in [0.3, 0.4) is 0 Å². The van der Waals surface area contributed by atoms with E-state index in [1.807, 2.05) is 6.92 Å². The van der Waals surface area contributed by atoms with Gasteiger partial charge < -0.3 is 5.32 Å². The fraction of sp³-hybridized carbons (Fsp3) is 0.222. The van der Waals surface area contributed by atoms with Gasteiger partial charge in [0.25, 0.3) is 0 Å². The van der Waals surface area contributed by atoms with Crippen LogP contribution in [-0.4, -0.2) is 11.0 Å². The highest BCUT2D eigenvalue weighted by Gasteiger charge is 2.03. The van der Waals surface area contributed by atoms with Gasteiger partial charge in [-0.3, -0.25) is 0 Å². The minimum absolute atomic E-state index is 0.0509. The van der Waals surface area contributed by atoms with Gasteiger partial charge in [0.15, 0.2) is 0 Å². The number of pyridine rings is 1. The van der Waals surface area contributed by atoms with E-state index in [0.29, 0.717) is 10.8 Å². The summed E-state index contributed by atoms with van der Waals surface area (Å²) in [4.78, 5) is 4.08. The Labute approximate surface area is 90.8 Å². The zero-order valence-corrected chi connectivity index (χ0v) is 9.35. The minimum Gasteiger partial charge on any atom is -0.356 e. The molecule has 1 unspecified atom stereocenters. The topological polar surface area (TPSA) is 24.9 Å². The molecule has 0 spiro atoms. The lowest BCUT2D eigenvalue weighted by molar-refractivity contribution is 1.01. The van der Waals surface area contributed by atoms with Crippen molar-refractivity contribution in [1.82, 2.24) is 4.98 Å². The standard InChI is InChI=1S/C9H8BrClN2/c1-3-6(2)13-9-8(10)4-7(11)5-12-9/h1,4-6H,2H3,(H,12,13). The second-order valence-corrected chi connectivity index (χ2v) is 3.81. The molecule has 0 aliphatic heterocycles. The molecular formula is C9H8BrClN2. The maximum Gasteiger partial charge on any atom is 0.141 e. The lowest BCUT2D eigenvalue weighted by Crippen LogP contribution is -2.13. The third-order valence-electron chi connectivity index (χ3n) is 1.41. The maximum atomic E-state index is 5.73. The second-order valence-electron chi connectivity index (χ2n) is 2.52. The summed E-state index contributed by atoms with van der Waals surface area (Å²) in [5.74, 6) is 3.25. The van der Waals surface area contributed by atoms with Crippen LogP contribution in [0.5, 0.6) is 0 Å². The van der Waals surface area contributed by atoms with Crippen LogP contribution in [0.2, 0.25) is 5.02 Å². The van der Waals surface area contributed by atoms with Crippen LogP contribution in [0.25, 0.3) is 0 Å². The van der Waals surface area contributed by atoms with E-state index in [4.69, 9.17) is 18.0 Å². The summed E-state index contributed by atoms with van der Waals surface area (Å²) >= 11 is 9.05. The zero-order valence-electron chi connectivity index (χ0n) is 7.01. The molecule has 1 aromatic rings. The van der Waals surface area contributed by atoms with Crippen molar-refractivity contribution in [3.63, 3.8) is 0 Å².